The van der Waals surface area contributed by atoms with Crippen LogP contribution in [-0.4, -0.2) is 22.6 Å². The molecule has 0 aromatic rings. The SMILES string of the molecule is CC(C)C(=O)C(=O)CC(=O)O. The van der Waals surface area contributed by atoms with Gasteiger partial charge in [-0.2, -0.15) is 0 Å². The van der Waals surface area contributed by atoms with Gasteiger partial charge in [0, 0.05) is 5.92 Å². The third kappa shape index (κ3) is 3.50. The number of carboxylic acid groups (broad SMARTS) is 1. The Labute approximate surface area is 64.2 Å². The van der Waals surface area contributed by atoms with Crippen LogP contribution in [0.4, 0.5) is 0 Å². The Hall–Kier alpha value is -1.19. The van der Waals surface area contributed by atoms with Crippen molar-refractivity contribution in [3.05, 3.63) is 0 Å². The molecule has 4 nitrogen and oxygen atoms in total. The molecule has 0 aliphatic carbocycles. The van der Waals surface area contributed by atoms with Gasteiger partial charge in [-0.1, -0.05) is 13.8 Å². The van der Waals surface area contributed by atoms with Crippen molar-refractivity contribution >= 4 is 17.5 Å². The molecule has 62 valence electrons. The van der Waals surface area contributed by atoms with Crippen LogP contribution < -0.4 is 0 Å². The lowest BCUT2D eigenvalue weighted by Gasteiger charge is -1.98. The van der Waals surface area contributed by atoms with E-state index in [0.29, 0.717) is 0 Å². The molecule has 0 aromatic carbocycles. The lowest BCUT2D eigenvalue weighted by atomic mass is 10.0. The van der Waals surface area contributed by atoms with Gasteiger partial charge >= 0.3 is 5.97 Å². The molecular formula is C7H10O4. The monoisotopic (exact) mass is 158 g/mol. The highest BCUT2D eigenvalue weighted by Crippen LogP contribution is 1.97. The molecule has 0 spiro atoms. The number of rotatable bonds is 4. The van der Waals surface area contributed by atoms with Gasteiger partial charge in [0.25, 0.3) is 0 Å². The van der Waals surface area contributed by atoms with Crippen LogP contribution in [-0.2, 0) is 14.4 Å². The second-order valence-electron chi connectivity index (χ2n) is 2.51. The van der Waals surface area contributed by atoms with Crippen molar-refractivity contribution in [3.8, 4) is 0 Å². The second-order valence-corrected chi connectivity index (χ2v) is 2.51. The van der Waals surface area contributed by atoms with E-state index in [0.717, 1.165) is 0 Å². The molecular weight excluding hydrogens is 148 g/mol. The van der Waals surface area contributed by atoms with Gasteiger partial charge in [0.15, 0.2) is 0 Å². The smallest absolute Gasteiger partial charge is 0.311 e. The van der Waals surface area contributed by atoms with E-state index in [9.17, 15) is 14.4 Å². The fraction of sp³-hybridized carbons (Fsp3) is 0.571. The quantitative estimate of drug-likeness (QED) is 0.470. The number of hydrogen-bond acceptors (Lipinski definition) is 3. The molecule has 0 saturated heterocycles. The van der Waals surface area contributed by atoms with Crippen molar-refractivity contribution in [2.24, 2.45) is 5.92 Å². The van der Waals surface area contributed by atoms with Gasteiger partial charge in [-0.25, -0.2) is 0 Å². The summed E-state index contributed by atoms with van der Waals surface area (Å²) in [4.78, 5) is 31.4. The number of aliphatic carboxylic acids is 1. The van der Waals surface area contributed by atoms with Crippen LogP contribution in [0.5, 0.6) is 0 Å². The third-order valence-corrected chi connectivity index (χ3v) is 1.11. The predicted octanol–water partition coefficient (Wildman–Crippen LogP) is 0.255. The third-order valence-electron chi connectivity index (χ3n) is 1.11. The molecule has 0 heterocycles. The van der Waals surface area contributed by atoms with Crippen LogP contribution in [0.2, 0.25) is 0 Å². The van der Waals surface area contributed by atoms with Gasteiger partial charge in [0.05, 0.1) is 0 Å². The Bertz CT molecular complexity index is 193. The molecule has 0 rings (SSSR count). The molecule has 0 radical (unpaired) electrons. The van der Waals surface area contributed by atoms with E-state index < -0.39 is 29.9 Å². The minimum atomic E-state index is -1.26. The zero-order chi connectivity index (χ0) is 9.02. The summed E-state index contributed by atoms with van der Waals surface area (Å²) in [5, 5.41) is 8.14. The fourth-order valence-electron chi connectivity index (χ4n) is 0.546. The first-order valence-corrected chi connectivity index (χ1v) is 3.24. The summed E-state index contributed by atoms with van der Waals surface area (Å²) in [5.41, 5.74) is 0. The molecule has 0 aromatic heterocycles. The Morgan fingerprint density at radius 2 is 1.73 bits per heavy atom. The van der Waals surface area contributed by atoms with Crippen LogP contribution >= 0.6 is 0 Å². The standard InChI is InChI=1S/C7H10O4/c1-4(2)7(11)5(8)3-6(9)10/h4H,3H2,1-2H3,(H,9,10). The number of Topliss-reactive ketones (excluding diaryl/α,β-unsaturated/α-hetero) is 2. The molecule has 0 atom stereocenters. The molecule has 0 fully saturated rings. The number of carboxylic acids is 1. The lowest BCUT2D eigenvalue weighted by Crippen LogP contribution is -2.22. The lowest BCUT2D eigenvalue weighted by molar-refractivity contribution is -0.145. The normalized spacial score (nSPS) is 9.73. The minimum Gasteiger partial charge on any atom is -0.481 e. The van der Waals surface area contributed by atoms with E-state index in [-0.39, 0.29) is 0 Å². The Kier molecular flexibility index (Phi) is 3.44. The van der Waals surface area contributed by atoms with Gasteiger partial charge < -0.3 is 5.11 Å². The van der Waals surface area contributed by atoms with Crippen LogP contribution in [0.25, 0.3) is 0 Å². The Morgan fingerprint density at radius 3 is 2.00 bits per heavy atom. The fourth-order valence-corrected chi connectivity index (χ4v) is 0.546. The molecule has 1 N–H and O–H groups in total. The van der Waals surface area contributed by atoms with E-state index >= 15 is 0 Å². The first-order chi connectivity index (χ1) is 4.95. The molecule has 0 saturated carbocycles. The Balaban J connectivity index is 4.05. The van der Waals surface area contributed by atoms with E-state index in [1.807, 2.05) is 0 Å². The summed E-state index contributed by atoms with van der Waals surface area (Å²) in [6.45, 7) is 3.12. The number of carbonyl (C=O) groups excluding carboxylic acids is 2. The summed E-state index contributed by atoms with van der Waals surface area (Å²) in [6, 6.07) is 0. The molecule has 0 aliphatic rings. The molecule has 11 heavy (non-hydrogen) atoms. The first-order valence-electron chi connectivity index (χ1n) is 3.24. The molecule has 0 aliphatic heterocycles. The number of carbonyl (C=O) groups is 3. The summed E-state index contributed by atoms with van der Waals surface area (Å²) >= 11 is 0. The van der Waals surface area contributed by atoms with Crippen LogP contribution in [0.3, 0.4) is 0 Å². The predicted molar refractivity (Wildman–Crippen MR) is 37.1 cm³/mol. The van der Waals surface area contributed by atoms with Crippen molar-refractivity contribution in [2.45, 2.75) is 20.3 Å². The van der Waals surface area contributed by atoms with Gasteiger partial charge in [0.2, 0.25) is 11.6 Å². The zero-order valence-corrected chi connectivity index (χ0v) is 6.46. The Morgan fingerprint density at radius 1 is 1.27 bits per heavy atom. The van der Waals surface area contributed by atoms with Crippen molar-refractivity contribution in [1.82, 2.24) is 0 Å². The van der Waals surface area contributed by atoms with Gasteiger partial charge in [0.1, 0.15) is 6.42 Å². The number of hydrogen-bond donors (Lipinski definition) is 1. The van der Waals surface area contributed by atoms with Gasteiger partial charge in [-0.15, -0.1) is 0 Å². The maximum atomic E-state index is 10.8. The largest absolute Gasteiger partial charge is 0.481 e. The van der Waals surface area contributed by atoms with Crippen LogP contribution in [0.15, 0.2) is 0 Å². The van der Waals surface area contributed by atoms with Crippen molar-refractivity contribution < 1.29 is 19.5 Å². The zero-order valence-electron chi connectivity index (χ0n) is 6.46. The second kappa shape index (κ2) is 3.85. The van der Waals surface area contributed by atoms with Crippen molar-refractivity contribution in [3.63, 3.8) is 0 Å². The maximum absolute atomic E-state index is 10.8. The summed E-state index contributed by atoms with van der Waals surface area (Å²) in [6.07, 6.45) is -0.697. The average molecular weight is 158 g/mol. The summed E-state index contributed by atoms with van der Waals surface area (Å²) < 4.78 is 0. The van der Waals surface area contributed by atoms with Crippen LogP contribution in [0, 0.1) is 5.92 Å². The highest BCUT2D eigenvalue weighted by atomic mass is 16.4. The summed E-state index contributed by atoms with van der Waals surface area (Å²) in [7, 11) is 0. The van der Waals surface area contributed by atoms with E-state index in [1.54, 1.807) is 13.8 Å². The highest BCUT2D eigenvalue weighted by Gasteiger charge is 2.19. The van der Waals surface area contributed by atoms with E-state index in [1.165, 1.54) is 0 Å². The maximum Gasteiger partial charge on any atom is 0.311 e. The van der Waals surface area contributed by atoms with Gasteiger partial charge in [-0.3, -0.25) is 14.4 Å². The van der Waals surface area contributed by atoms with Crippen molar-refractivity contribution in [1.29, 1.82) is 0 Å². The highest BCUT2D eigenvalue weighted by molar-refractivity contribution is 6.40. The number of ketones is 2. The molecule has 4 heteroatoms. The topological polar surface area (TPSA) is 71.4 Å². The summed E-state index contributed by atoms with van der Waals surface area (Å²) in [5.74, 6) is -3.12. The van der Waals surface area contributed by atoms with E-state index in [2.05, 4.69) is 0 Å². The average Bonchev–Trinajstić information content (AvgIpc) is 1.84. The van der Waals surface area contributed by atoms with Crippen LogP contribution in [0.1, 0.15) is 20.3 Å². The van der Waals surface area contributed by atoms with E-state index in [4.69, 9.17) is 5.11 Å². The molecule has 0 unspecified atom stereocenters. The molecule has 0 bridgehead atoms. The minimum absolute atomic E-state index is 0.415. The van der Waals surface area contributed by atoms with Crippen molar-refractivity contribution in [2.75, 3.05) is 0 Å². The molecule has 0 amide bonds. The first kappa shape index (κ1) is 9.81. The van der Waals surface area contributed by atoms with Gasteiger partial charge in [-0.05, 0) is 0 Å².